The molecular formula is C22H31N3O5. The molecule has 1 aromatic carbocycles. The van der Waals surface area contributed by atoms with Crippen LogP contribution in [0, 0.1) is 5.92 Å². The summed E-state index contributed by atoms with van der Waals surface area (Å²) in [6.45, 7) is 4.50. The van der Waals surface area contributed by atoms with Gasteiger partial charge >= 0.3 is 0 Å². The number of likely N-dealkylation sites (tertiary alicyclic amines) is 1. The van der Waals surface area contributed by atoms with E-state index in [-0.39, 0.29) is 31.2 Å². The molecule has 2 atom stereocenters. The minimum atomic E-state index is -1.30. The lowest BCUT2D eigenvalue weighted by Gasteiger charge is -2.28. The number of rotatable bonds is 11. The zero-order chi connectivity index (χ0) is 22.3. The molecule has 1 aliphatic heterocycles. The third kappa shape index (κ3) is 5.44. The zero-order valence-electron chi connectivity index (χ0n) is 17.8. The molecule has 1 saturated heterocycles. The molecule has 1 aromatic rings. The average Bonchev–Trinajstić information content (AvgIpc) is 2.92. The van der Waals surface area contributed by atoms with Crippen LogP contribution < -0.4 is 11.1 Å². The van der Waals surface area contributed by atoms with Crippen LogP contribution in [0.15, 0.2) is 30.3 Å². The zero-order valence-corrected chi connectivity index (χ0v) is 17.8. The Hall–Kier alpha value is -2.74. The van der Waals surface area contributed by atoms with Crippen molar-refractivity contribution in [2.24, 2.45) is 11.7 Å². The smallest absolute Gasteiger partial charge is 0.240 e. The summed E-state index contributed by atoms with van der Waals surface area (Å²) in [5.41, 5.74) is 4.74. The highest BCUT2D eigenvalue weighted by Crippen LogP contribution is 2.40. The molecule has 164 valence electrons. The molecule has 8 nitrogen and oxygen atoms in total. The number of hydrogen-bond acceptors (Lipinski definition) is 5. The van der Waals surface area contributed by atoms with Gasteiger partial charge in [-0.15, -0.1) is 0 Å². The molecule has 1 fully saturated rings. The largest absolute Gasteiger partial charge is 0.385 e. The number of nitrogens with two attached hydrogens (primary N) is 1. The van der Waals surface area contributed by atoms with Crippen LogP contribution in [0.4, 0.5) is 0 Å². The predicted molar refractivity (Wildman–Crippen MR) is 111 cm³/mol. The lowest BCUT2D eigenvalue weighted by Crippen LogP contribution is -2.48. The van der Waals surface area contributed by atoms with E-state index < -0.39 is 29.2 Å². The van der Waals surface area contributed by atoms with Gasteiger partial charge in [-0.3, -0.25) is 24.1 Å². The monoisotopic (exact) mass is 417 g/mol. The van der Waals surface area contributed by atoms with Gasteiger partial charge in [-0.1, -0.05) is 44.2 Å². The second-order valence-electron chi connectivity index (χ2n) is 8.15. The Labute approximate surface area is 177 Å². The Balaban J connectivity index is 2.29. The van der Waals surface area contributed by atoms with Gasteiger partial charge in [0.2, 0.25) is 23.6 Å². The maximum Gasteiger partial charge on any atom is 0.240 e. The fourth-order valence-electron chi connectivity index (χ4n) is 3.85. The molecule has 3 N–H and O–H groups in total. The van der Waals surface area contributed by atoms with Crippen molar-refractivity contribution in [3.8, 4) is 0 Å². The first-order valence-electron chi connectivity index (χ1n) is 10.2. The highest BCUT2D eigenvalue weighted by atomic mass is 16.5. The standard InChI is InChI=1S/C22H31N3O5/c1-15(2)12-17(20(23)28)24-18(26)13-22(16-8-5-4-6-9-16)14-19(27)25(21(22)29)10-7-11-30-3/h4-6,8-9,15,17H,7,10-14H2,1-3H3,(H2,23,28)(H,24,26)/t17-,22-/m0/s1. The summed E-state index contributed by atoms with van der Waals surface area (Å²) >= 11 is 0. The highest BCUT2D eigenvalue weighted by Gasteiger charge is 2.53. The molecule has 1 heterocycles. The maximum atomic E-state index is 13.4. The van der Waals surface area contributed by atoms with Crippen molar-refractivity contribution in [1.82, 2.24) is 10.2 Å². The van der Waals surface area contributed by atoms with E-state index in [0.29, 0.717) is 25.0 Å². The second kappa shape index (κ2) is 10.3. The first kappa shape index (κ1) is 23.5. The van der Waals surface area contributed by atoms with Gasteiger partial charge in [-0.2, -0.15) is 0 Å². The summed E-state index contributed by atoms with van der Waals surface area (Å²) < 4.78 is 5.01. The lowest BCUT2D eigenvalue weighted by atomic mass is 9.75. The third-order valence-corrected chi connectivity index (χ3v) is 5.31. The highest BCUT2D eigenvalue weighted by molar-refractivity contribution is 6.10. The summed E-state index contributed by atoms with van der Waals surface area (Å²) in [6, 6.07) is 8.01. The van der Waals surface area contributed by atoms with Crippen LogP contribution in [-0.2, 0) is 29.3 Å². The Morgan fingerprint density at radius 3 is 2.47 bits per heavy atom. The molecule has 4 amide bonds. The van der Waals surface area contributed by atoms with Gasteiger partial charge in [0.25, 0.3) is 0 Å². The number of ether oxygens (including phenoxy) is 1. The summed E-state index contributed by atoms with van der Waals surface area (Å²) in [4.78, 5) is 51.9. The van der Waals surface area contributed by atoms with Crippen LogP contribution in [0.25, 0.3) is 0 Å². The van der Waals surface area contributed by atoms with E-state index in [1.807, 2.05) is 13.8 Å². The normalized spacial score (nSPS) is 19.9. The molecule has 1 aliphatic rings. The second-order valence-corrected chi connectivity index (χ2v) is 8.15. The maximum absolute atomic E-state index is 13.4. The SMILES string of the molecule is COCCCN1C(=O)C[C@@](CC(=O)N[C@@H](CC(C)C)C(N)=O)(c2ccccc2)C1=O. The van der Waals surface area contributed by atoms with Crippen molar-refractivity contribution in [1.29, 1.82) is 0 Å². The average molecular weight is 418 g/mol. The predicted octanol–water partition coefficient (Wildman–Crippen LogP) is 1.13. The fraction of sp³-hybridized carbons (Fsp3) is 0.545. The minimum Gasteiger partial charge on any atom is -0.385 e. The molecule has 0 saturated carbocycles. The van der Waals surface area contributed by atoms with Gasteiger partial charge < -0.3 is 15.8 Å². The Bertz CT molecular complexity index is 780. The number of imide groups is 1. The van der Waals surface area contributed by atoms with Crippen molar-refractivity contribution >= 4 is 23.6 Å². The number of benzene rings is 1. The van der Waals surface area contributed by atoms with Crippen LogP contribution in [-0.4, -0.2) is 54.8 Å². The quantitative estimate of drug-likeness (QED) is 0.413. The fourth-order valence-corrected chi connectivity index (χ4v) is 3.85. The first-order chi connectivity index (χ1) is 14.2. The van der Waals surface area contributed by atoms with Crippen LogP contribution in [0.1, 0.15) is 45.1 Å². The van der Waals surface area contributed by atoms with E-state index in [0.717, 1.165) is 0 Å². The van der Waals surface area contributed by atoms with Crippen molar-refractivity contribution in [2.45, 2.75) is 51.0 Å². The van der Waals surface area contributed by atoms with Crippen LogP contribution in [0.3, 0.4) is 0 Å². The van der Waals surface area contributed by atoms with E-state index in [2.05, 4.69) is 5.32 Å². The number of carbonyl (C=O) groups is 4. The molecule has 0 unspecified atom stereocenters. The van der Waals surface area contributed by atoms with Crippen LogP contribution >= 0.6 is 0 Å². The molecular weight excluding hydrogens is 386 g/mol. The number of nitrogens with zero attached hydrogens (tertiary/aromatic N) is 1. The Morgan fingerprint density at radius 2 is 1.90 bits per heavy atom. The van der Waals surface area contributed by atoms with E-state index in [4.69, 9.17) is 10.5 Å². The number of carbonyl (C=O) groups excluding carboxylic acids is 4. The third-order valence-electron chi connectivity index (χ3n) is 5.31. The summed E-state index contributed by atoms with van der Waals surface area (Å²) in [5, 5.41) is 2.66. The number of primary amides is 1. The first-order valence-corrected chi connectivity index (χ1v) is 10.2. The van der Waals surface area contributed by atoms with Crippen LogP contribution in [0.2, 0.25) is 0 Å². The van der Waals surface area contributed by atoms with E-state index in [9.17, 15) is 19.2 Å². The molecule has 0 aromatic heterocycles. The molecule has 0 aliphatic carbocycles. The van der Waals surface area contributed by atoms with Crippen molar-refractivity contribution in [2.75, 3.05) is 20.3 Å². The number of amides is 4. The summed E-state index contributed by atoms with van der Waals surface area (Å²) in [6.07, 6.45) is 0.588. The molecule has 0 radical (unpaired) electrons. The van der Waals surface area contributed by atoms with Gasteiger partial charge in [0.15, 0.2) is 0 Å². The molecule has 8 heteroatoms. The van der Waals surface area contributed by atoms with E-state index in [1.54, 1.807) is 37.4 Å². The Kier molecular flexibility index (Phi) is 8.11. The molecule has 30 heavy (non-hydrogen) atoms. The minimum absolute atomic E-state index is 0.0956. The van der Waals surface area contributed by atoms with E-state index >= 15 is 0 Å². The lowest BCUT2D eigenvalue weighted by molar-refractivity contribution is -0.141. The van der Waals surface area contributed by atoms with E-state index in [1.165, 1.54) is 4.90 Å². The van der Waals surface area contributed by atoms with Crippen LogP contribution in [0.5, 0.6) is 0 Å². The van der Waals surface area contributed by atoms with Gasteiger partial charge in [0, 0.05) is 33.1 Å². The molecule has 0 bridgehead atoms. The number of nitrogens with one attached hydrogen (secondary N) is 1. The van der Waals surface area contributed by atoms with Crippen molar-refractivity contribution in [3.63, 3.8) is 0 Å². The summed E-state index contributed by atoms with van der Waals surface area (Å²) in [5.74, 6) is -1.67. The van der Waals surface area contributed by atoms with Crippen molar-refractivity contribution in [3.05, 3.63) is 35.9 Å². The van der Waals surface area contributed by atoms with Gasteiger partial charge in [0.1, 0.15) is 6.04 Å². The van der Waals surface area contributed by atoms with Gasteiger partial charge in [0.05, 0.1) is 5.41 Å². The van der Waals surface area contributed by atoms with Gasteiger partial charge in [-0.05, 0) is 24.3 Å². The number of methoxy groups -OCH3 is 1. The van der Waals surface area contributed by atoms with Gasteiger partial charge in [-0.25, -0.2) is 0 Å². The molecule has 2 rings (SSSR count). The number of hydrogen-bond donors (Lipinski definition) is 2. The Morgan fingerprint density at radius 1 is 1.23 bits per heavy atom. The van der Waals surface area contributed by atoms with Crippen molar-refractivity contribution < 1.29 is 23.9 Å². The topological polar surface area (TPSA) is 119 Å². The molecule has 0 spiro atoms. The summed E-state index contributed by atoms with van der Waals surface area (Å²) in [7, 11) is 1.55.